The minimum absolute atomic E-state index is 0.231. The molecular weight excluding hydrogens is 230 g/mol. The maximum absolute atomic E-state index is 11.3. The van der Waals surface area contributed by atoms with Crippen molar-refractivity contribution < 1.29 is 9.53 Å². The van der Waals surface area contributed by atoms with Crippen molar-refractivity contribution in [2.75, 3.05) is 18.6 Å². The van der Waals surface area contributed by atoms with E-state index < -0.39 is 5.97 Å². The van der Waals surface area contributed by atoms with Crippen molar-refractivity contribution in [2.45, 2.75) is 33.7 Å². The third kappa shape index (κ3) is 3.68. The molecule has 0 amide bonds. The summed E-state index contributed by atoms with van der Waals surface area (Å²) in [7, 11) is 1.33. The molecule has 18 heavy (non-hydrogen) atoms. The van der Waals surface area contributed by atoms with Crippen molar-refractivity contribution in [3.8, 4) is 0 Å². The third-order valence-corrected chi connectivity index (χ3v) is 2.51. The Morgan fingerprint density at radius 2 is 1.94 bits per heavy atom. The summed E-state index contributed by atoms with van der Waals surface area (Å²) in [6.45, 7) is 9.44. The minimum atomic E-state index is -0.464. The molecule has 0 saturated carbocycles. The molecule has 0 bridgehead atoms. The average Bonchev–Trinajstić information content (AvgIpc) is 2.34. The van der Waals surface area contributed by atoms with Crippen molar-refractivity contribution in [2.24, 2.45) is 5.92 Å². The lowest BCUT2D eigenvalue weighted by Gasteiger charge is -2.29. The van der Waals surface area contributed by atoms with E-state index in [1.807, 2.05) is 0 Å². The van der Waals surface area contributed by atoms with Crippen molar-refractivity contribution in [1.29, 1.82) is 0 Å². The number of ether oxygens (including phenoxy) is 1. The zero-order valence-electron chi connectivity index (χ0n) is 11.7. The van der Waals surface area contributed by atoms with Crippen molar-refractivity contribution in [1.82, 2.24) is 9.97 Å². The van der Waals surface area contributed by atoms with Crippen molar-refractivity contribution in [3.05, 3.63) is 18.1 Å². The number of rotatable bonds is 5. The molecule has 0 saturated heterocycles. The highest BCUT2D eigenvalue weighted by Gasteiger charge is 2.15. The second-order valence-corrected chi connectivity index (χ2v) is 4.89. The summed E-state index contributed by atoms with van der Waals surface area (Å²) < 4.78 is 4.59. The fourth-order valence-electron chi connectivity index (χ4n) is 1.64. The number of hydrogen-bond acceptors (Lipinski definition) is 5. The number of anilines is 1. The van der Waals surface area contributed by atoms with Crippen LogP contribution in [-0.4, -0.2) is 35.6 Å². The van der Waals surface area contributed by atoms with E-state index in [9.17, 15) is 4.79 Å². The number of nitrogens with zero attached hydrogens (tertiary/aromatic N) is 3. The van der Waals surface area contributed by atoms with Gasteiger partial charge in [0.2, 0.25) is 0 Å². The van der Waals surface area contributed by atoms with Crippen LogP contribution in [0.3, 0.4) is 0 Å². The van der Waals surface area contributed by atoms with Gasteiger partial charge in [-0.1, -0.05) is 13.8 Å². The largest absolute Gasteiger partial charge is 0.464 e. The molecule has 0 atom stereocenters. The summed E-state index contributed by atoms with van der Waals surface area (Å²) in [5, 5.41) is 0. The fraction of sp³-hybridized carbons (Fsp3) is 0.615. The van der Waals surface area contributed by atoms with Crippen LogP contribution in [0, 0.1) is 5.92 Å². The van der Waals surface area contributed by atoms with E-state index in [4.69, 9.17) is 0 Å². The van der Waals surface area contributed by atoms with E-state index >= 15 is 0 Å². The van der Waals surface area contributed by atoms with Gasteiger partial charge < -0.3 is 9.64 Å². The van der Waals surface area contributed by atoms with Crippen molar-refractivity contribution in [3.63, 3.8) is 0 Å². The highest BCUT2D eigenvalue weighted by molar-refractivity contribution is 5.86. The summed E-state index contributed by atoms with van der Waals surface area (Å²) in [6.07, 6.45) is 3.07. The normalized spacial score (nSPS) is 10.8. The molecular formula is C13H21N3O2. The number of aromatic nitrogens is 2. The molecule has 5 heteroatoms. The molecule has 0 fully saturated rings. The van der Waals surface area contributed by atoms with Crippen LogP contribution < -0.4 is 4.90 Å². The molecule has 1 aromatic rings. The highest BCUT2D eigenvalue weighted by atomic mass is 16.5. The van der Waals surface area contributed by atoms with Crippen molar-refractivity contribution >= 4 is 11.8 Å². The summed E-state index contributed by atoms with van der Waals surface area (Å²) in [6, 6.07) is 0.339. The molecule has 0 radical (unpaired) electrons. The van der Waals surface area contributed by atoms with Crippen LogP contribution in [0.2, 0.25) is 0 Å². The monoisotopic (exact) mass is 251 g/mol. The Hall–Kier alpha value is -1.65. The van der Waals surface area contributed by atoms with Gasteiger partial charge in [0.15, 0.2) is 5.69 Å². The maximum Gasteiger partial charge on any atom is 0.358 e. The van der Waals surface area contributed by atoms with Gasteiger partial charge in [0, 0.05) is 12.6 Å². The Bertz CT molecular complexity index is 388. The summed E-state index contributed by atoms with van der Waals surface area (Å²) >= 11 is 0. The van der Waals surface area contributed by atoms with Gasteiger partial charge in [-0.15, -0.1) is 0 Å². The molecule has 5 nitrogen and oxygen atoms in total. The van der Waals surface area contributed by atoms with Gasteiger partial charge in [0.25, 0.3) is 0 Å². The van der Waals surface area contributed by atoms with E-state index in [0.29, 0.717) is 12.0 Å². The zero-order valence-corrected chi connectivity index (χ0v) is 11.7. The van der Waals surface area contributed by atoms with Crippen LogP contribution in [0.15, 0.2) is 12.4 Å². The second kappa shape index (κ2) is 6.33. The predicted octanol–water partition coefficient (Wildman–Crippen LogP) is 2.13. The Kier molecular flexibility index (Phi) is 5.07. The van der Waals surface area contributed by atoms with Gasteiger partial charge in [-0.25, -0.2) is 14.8 Å². The predicted molar refractivity (Wildman–Crippen MR) is 70.7 cm³/mol. The van der Waals surface area contributed by atoms with E-state index in [1.165, 1.54) is 13.3 Å². The average molecular weight is 251 g/mol. The summed E-state index contributed by atoms with van der Waals surface area (Å²) in [5.41, 5.74) is 0.231. The molecule has 0 unspecified atom stereocenters. The second-order valence-electron chi connectivity index (χ2n) is 4.89. The molecule has 100 valence electrons. The van der Waals surface area contributed by atoms with Gasteiger partial charge in [-0.05, 0) is 19.8 Å². The molecule has 0 aliphatic rings. The van der Waals surface area contributed by atoms with Crippen LogP contribution in [0.25, 0.3) is 0 Å². The number of hydrogen-bond donors (Lipinski definition) is 0. The Morgan fingerprint density at radius 1 is 1.28 bits per heavy atom. The smallest absolute Gasteiger partial charge is 0.358 e. The quantitative estimate of drug-likeness (QED) is 0.750. The topological polar surface area (TPSA) is 55.3 Å². The first kappa shape index (κ1) is 14.4. The first-order chi connectivity index (χ1) is 8.45. The van der Waals surface area contributed by atoms with Crippen LogP contribution in [0.5, 0.6) is 0 Å². The molecule has 0 aliphatic heterocycles. The van der Waals surface area contributed by atoms with Gasteiger partial charge in [0.05, 0.1) is 19.5 Å². The van der Waals surface area contributed by atoms with Gasteiger partial charge in [-0.2, -0.15) is 0 Å². The standard InChI is InChI=1S/C13H21N3O2/c1-9(2)8-16(10(3)4)12-7-14-11(6-15-12)13(17)18-5/h6-7,9-10H,8H2,1-5H3. The number of carbonyl (C=O) groups is 1. The SMILES string of the molecule is COC(=O)c1cnc(N(CC(C)C)C(C)C)cn1. The molecule has 0 spiro atoms. The fourth-order valence-corrected chi connectivity index (χ4v) is 1.64. The molecule has 1 aromatic heterocycles. The van der Waals surface area contributed by atoms with E-state index in [0.717, 1.165) is 12.4 Å². The van der Waals surface area contributed by atoms with Crippen LogP contribution in [0.4, 0.5) is 5.82 Å². The lowest BCUT2D eigenvalue weighted by atomic mass is 10.2. The van der Waals surface area contributed by atoms with Crippen LogP contribution >= 0.6 is 0 Å². The molecule has 0 aliphatic carbocycles. The van der Waals surface area contributed by atoms with Gasteiger partial charge in [-0.3, -0.25) is 0 Å². The molecule has 0 N–H and O–H groups in total. The number of methoxy groups -OCH3 is 1. The zero-order chi connectivity index (χ0) is 13.7. The van der Waals surface area contributed by atoms with Gasteiger partial charge in [0.1, 0.15) is 5.82 Å². The summed E-state index contributed by atoms with van der Waals surface area (Å²) in [5.74, 6) is 0.856. The number of esters is 1. The van der Waals surface area contributed by atoms with E-state index in [2.05, 4.69) is 47.3 Å². The highest BCUT2D eigenvalue weighted by Crippen LogP contribution is 2.15. The Labute approximate surface area is 108 Å². The molecule has 1 rings (SSSR count). The van der Waals surface area contributed by atoms with Crippen LogP contribution in [-0.2, 0) is 4.74 Å². The minimum Gasteiger partial charge on any atom is -0.464 e. The molecule has 0 aromatic carbocycles. The molecule has 1 heterocycles. The van der Waals surface area contributed by atoms with Gasteiger partial charge >= 0.3 is 5.97 Å². The lowest BCUT2D eigenvalue weighted by Crippen LogP contribution is -2.35. The summed E-state index contributed by atoms with van der Waals surface area (Å²) in [4.78, 5) is 21.8. The maximum atomic E-state index is 11.3. The number of carbonyl (C=O) groups excluding carboxylic acids is 1. The van der Waals surface area contributed by atoms with E-state index in [1.54, 1.807) is 6.20 Å². The first-order valence-corrected chi connectivity index (χ1v) is 6.12. The third-order valence-electron chi connectivity index (χ3n) is 2.51. The lowest BCUT2D eigenvalue weighted by molar-refractivity contribution is 0.0593. The Morgan fingerprint density at radius 3 is 2.33 bits per heavy atom. The first-order valence-electron chi connectivity index (χ1n) is 6.12. The Balaban J connectivity index is 2.90. The van der Waals surface area contributed by atoms with Crippen LogP contribution in [0.1, 0.15) is 38.2 Å². The van der Waals surface area contributed by atoms with E-state index in [-0.39, 0.29) is 5.69 Å².